The molecular formula is C11H9FN2O3S. The number of aromatic carboxylic acids is 1. The topological polar surface area (TPSA) is 71.5 Å². The predicted molar refractivity (Wildman–Crippen MR) is 65.3 cm³/mol. The first-order valence-electron chi connectivity index (χ1n) is 4.89. The van der Waals surface area contributed by atoms with Crippen LogP contribution in [0.25, 0.3) is 0 Å². The number of carboxylic acids is 1. The highest BCUT2D eigenvalue weighted by molar-refractivity contribution is 7.14. The van der Waals surface area contributed by atoms with Crippen molar-refractivity contribution in [3.63, 3.8) is 0 Å². The number of halogens is 1. The fourth-order valence-corrected chi connectivity index (χ4v) is 2.00. The van der Waals surface area contributed by atoms with Gasteiger partial charge in [0.15, 0.2) is 22.4 Å². The largest absolute Gasteiger partial charge is 0.494 e. The lowest BCUT2D eigenvalue weighted by Crippen LogP contribution is -1.97. The highest BCUT2D eigenvalue weighted by Gasteiger charge is 2.09. The number of carbonyl (C=O) groups is 1. The van der Waals surface area contributed by atoms with Crippen LogP contribution in [0.2, 0.25) is 0 Å². The molecular weight excluding hydrogens is 259 g/mol. The highest BCUT2D eigenvalue weighted by atomic mass is 32.1. The number of aromatic nitrogens is 1. The Morgan fingerprint density at radius 2 is 2.33 bits per heavy atom. The van der Waals surface area contributed by atoms with Gasteiger partial charge < -0.3 is 15.2 Å². The lowest BCUT2D eigenvalue weighted by molar-refractivity contribution is 0.0691. The molecule has 18 heavy (non-hydrogen) atoms. The average molecular weight is 268 g/mol. The number of methoxy groups -OCH3 is 1. The molecule has 0 bridgehead atoms. The molecule has 0 atom stereocenters. The van der Waals surface area contributed by atoms with Crippen LogP contribution < -0.4 is 10.1 Å². The number of rotatable bonds is 4. The molecule has 2 rings (SSSR count). The zero-order valence-corrected chi connectivity index (χ0v) is 10.1. The maximum Gasteiger partial charge on any atom is 0.355 e. The van der Waals surface area contributed by atoms with Crippen molar-refractivity contribution in [2.45, 2.75) is 0 Å². The molecule has 0 amide bonds. The van der Waals surface area contributed by atoms with Crippen LogP contribution >= 0.6 is 11.3 Å². The van der Waals surface area contributed by atoms with Crippen molar-refractivity contribution in [1.82, 2.24) is 4.98 Å². The monoisotopic (exact) mass is 268 g/mol. The van der Waals surface area contributed by atoms with E-state index in [1.165, 1.54) is 30.7 Å². The number of hydrogen-bond donors (Lipinski definition) is 2. The van der Waals surface area contributed by atoms with Gasteiger partial charge in [-0.3, -0.25) is 0 Å². The normalized spacial score (nSPS) is 10.1. The third-order valence-corrected chi connectivity index (χ3v) is 2.88. The Hall–Kier alpha value is -2.15. The van der Waals surface area contributed by atoms with Gasteiger partial charge in [-0.05, 0) is 12.1 Å². The maximum absolute atomic E-state index is 13.2. The van der Waals surface area contributed by atoms with Gasteiger partial charge in [-0.2, -0.15) is 0 Å². The van der Waals surface area contributed by atoms with E-state index in [0.717, 1.165) is 11.3 Å². The van der Waals surface area contributed by atoms with Crippen LogP contribution in [0, 0.1) is 5.82 Å². The Kier molecular flexibility index (Phi) is 3.42. The molecule has 2 N–H and O–H groups in total. The minimum Gasteiger partial charge on any atom is -0.494 e. The number of nitrogens with zero attached hydrogens (tertiary/aromatic N) is 1. The highest BCUT2D eigenvalue weighted by Crippen LogP contribution is 2.25. The van der Waals surface area contributed by atoms with Crippen LogP contribution in [0.4, 0.5) is 15.2 Å². The van der Waals surface area contributed by atoms with E-state index >= 15 is 0 Å². The van der Waals surface area contributed by atoms with E-state index in [1.807, 2.05) is 0 Å². The number of benzene rings is 1. The molecule has 0 spiro atoms. The van der Waals surface area contributed by atoms with E-state index in [-0.39, 0.29) is 11.4 Å². The molecule has 2 aromatic rings. The molecule has 94 valence electrons. The maximum atomic E-state index is 13.2. The van der Waals surface area contributed by atoms with Crippen molar-refractivity contribution >= 4 is 28.1 Å². The Balaban J connectivity index is 2.20. The Labute approximate surface area is 106 Å². The number of ether oxygens (including phenoxy) is 1. The Morgan fingerprint density at radius 3 is 2.94 bits per heavy atom. The number of nitrogens with one attached hydrogen (secondary N) is 1. The van der Waals surface area contributed by atoms with Crippen LogP contribution in [-0.2, 0) is 0 Å². The van der Waals surface area contributed by atoms with E-state index in [1.54, 1.807) is 0 Å². The average Bonchev–Trinajstić information content (AvgIpc) is 2.80. The third-order valence-electron chi connectivity index (χ3n) is 2.13. The van der Waals surface area contributed by atoms with Crippen LogP contribution in [-0.4, -0.2) is 23.2 Å². The van der Waals surface area contributed by atoms with Crippen molar-refractivity contribution in [1.29, 1.82) is 0 Å². The molecule has 0 fully saturated rings. The summed E-state index contributed by atoms with van der Waals surface area (Å²) < 4.78 is 18.0. The summed E-state index contributed by atoms with van der Waals surface area (Å²) >= 11 is 1.15. The smallest absolute Gasteiger partial charge is 0.355 e. The SMILES string of the molecule is COc1cc(Nc2nc(C(=O)O)cs2)ccc1F. The second kappa shape index (κ2) is 5.01. The van der Waals surface area contributed by atoms with Crippen molar-refractivity contribution in [2.24, 2.45) is 0 Å². The zero-order valence-electron chi connectivity index (χ0n) is 9.31. The van der Waals surface area contributed by atoms with Crippen LogP contribution in [0.1, 0.15) is 10.5 Å². The van der Waals surface area contributed by atoms with Crippen molar-refractivity contribution in [2.75, 3.05) is 12.4 Å². The summed E-state index contributed by atoms with van der Waals surface area (Å²) in [6.07, 6.45) is 0. The van der Waals surface area contributed by atoms with E-state index < -0.39 is 11.8 Å². The van der Waals surface area contributed by atoms with Crippen LogP contribution in [0.3, 0.4) is 0 Å². The number of thiazole rings is 1. The summed E-state index contributed by atoms with van der Waals surface area (Å²) in [6.45, 7) is 0. The number of anilines is 2. The molecule has 0 aliphatic carbocycles. The summed E-state index contributed by atoms with van der Waals surface area (Å²) in [5, 5.41) is 13.4. The first-order chi connectivity index (χ1) is 8.60. The molecule has 0 aliphatic rings. The number of carboxylic acid groups (broad SMARTS) is 1. The standard InChI is InChI=1S/C11H9FN2O3S/c1-17-9-4-6(2-3-7(9)12)13-11-14-8(5-18-11)10(15)16/h2-5H,1H3,(H,13,14)(H,15,16). The zero-order chi connectivity index (χ0) is 13.1. The van der Waals surface area contributed by atoms with Crippen molar-refractivity contribution in [3.05, 3.63) is 35.1 Å². The fourth-order valence-electron chi connectivity index (χ4n) is 1.29. The van der Waals surface area contributed by atoms with Gasteiger partial charge in [-0.1, -0.05) is 0 Å². The lowest BCUT2D eigenvalue weighted by atomic mass is 10.3. The minimum absolute atomic E-state index is 0.0309. The van der Waals surface area contributed by atoms with Crippen LogP contribution in [0.5, 0.6) is 5.75 Å². The van der Waals surface area contributed by atoms with Gasteiger partial charge in [0.1, 0.15) is 0 Å². The first kappa shape index (κ1) is 12.3. The first-order valence-corrected chi connectivity index (χ1v) is 5.77. The molecule has 0 unspecified atom stereocenters. The van der Waals surface area contributed by atoms with Gasteiger partial charge in [0, 0.05) is 17.1 Å². The Morgan fingerprint density at radius 1 is 1.56 bits per heavy atom. The summed E-state index contributed by atoms with van der Waals surface area (Å²) in [6, 6.07) is 4.24. The predicted octanol–water partition coefficient (Wildman–Crippen LogP) is 2.73. The fraction of sp³-hybridized carbons (Fsp3) is 0.0909. The molecule has 0 saturated heterocycles. The second-order valence-electron chi connectivity index (χ2n) is 3.32. The Bertz CT molecular complexity index is 585. The quantitative estimate of drug-likeness (QED) is 0.892. The molecule has 5 nitrogen and oxygen atoms in total. The lowest BCUT2D eigenvalue weighted by Gasteiger charge is -2.06. The molecule has 0 saturated carbocycles. The summed E-state index contributed by atoms with van der Waals surface area (Å²) in [5.41, 5.74) is 0.538. The van der Waals surface area contributed by atoms with Gasteiger partial charge >= 0.3 is 5.97 Å². The van der Waals surface area contributed by atoms with E-state index in [4.69, 9.17) is 9.84 Å². The minimum atomic E-state index is -1.09. The van der Waals surface area contributed by atoms with Crippen LogP contribution in [0.15, 0.2) is 23.6 Å². The van der Waals surface area contributed by atoms with Gasteiger partial charge in [0.2, 0.25) is 0 Å². The van der Waals surface area contributed by atoms with Crippen molar-refractivity contribution in [3.8, 4) is 5.75 Å². The summed E-state index contributed by atoms with van der Waals surface area (Å²) in [4.78, 5) is 14.5. The molecule has 1 aromatic carbocycles. The van der Waals surface area contributed by atoms with E-state index in [2.05, 4.69) is 10.3 Å². The molecule has 1 heterocycles. The van der Waals surface area contributed by atoms with Gasteiger partial charge in [-0.15, -0.1) is 11.3 Å². The van der Waals surface area contributed by atoms with E-state index in [9.17, 15) is 9.18 Å². The molecule has 1 aromatic heterocycles. The van der Waals surface area contributed by atoms with Gasteiger partial charge in [0.25, 0.3) is 0 Å². The van der Waals surface area contributed by atoms with Gasteiger partial charge in [0.05, 0.1) is 7.11 Å². The number of hydrogen-bond acceptors (Lipinski definition) is 5. The third kappa shape index (κ3) is 2.57. The summed E-state index contributed by atoms with van der Waals surface area (Å²) in [7, 11) is 1.37. The molecule has 0 radical (unpaired) electrons. The molecule has 7 heteroatoms. The van der Waals surface area contributed by atoms with Gasteiger partial charge in [-0.25, -0.2) is 14.2 Å². The van der Waals surface area contributed by atoms with Crippen molar-refractivity contribution < 1.29 is 19.0 Å². The van der Waals surface area contributed by atoms with E-state index in [0.29, 0.717) is 10.8 Å². The second-order valence-corrected chi connectivity index (χ2v) is 4.18. The molecule has 0 aliphatic heterocycles. The summed E-state index contributed by atoms with van der Waals surface area (Å²) in [5.74, 6) is -1.44.